The highest BCUT2D eigenvalue weighted by Crippen LogP contribution is 2.13. The molecule has 0 amide bonds. The molecule has 0 aliphatic carbocycles. The maximum atomic E-state index is 11.2. The van der Waals surface area contributed by atoms with Gasteiger partial charge in [-0.15, -0.1) is 0 Å². The normalized spacial score (nSPS) is 8.82. The van der Waals surface area contributed by atoms with Gasteiger partial charge in [0, 0.05) is 17.2 Å². The van der Waals surface area contributed by atoms with Crippen LogP contribution in [0.5, 0.6) is 0 Å². The van der Waals surface area contributed by atoms with Crippen LogP contribution in [0, 0.1) is 11.8 Å². The fourth-order valence-corrected chi connectivity index (χ4v) is 1.09. The van der Waals surface area contributed by atoms with Crippen molar-refractivity contribution in [2.75, 3.05) is 20.0 Å². The molecular formula is C12H11NO4. The number of nitrogens with two attached hydrogens (primary N) is 1. The topological polar surface area (TPSA) is 78.6 Å². The highest BCUT2D eigenvalue weighted by molar-refractivity contribution is 5.92. The Morgan fingerprint density at radius 1 is 1.24 bits per heavy atom. The molecule has 1 aromatic carbocycles. The lowest BCUT2D eigenvalue weighted by molar-refractivity contribution is -0.133. The van der Waals surface area contributed by atoms with E-state index in [1.807, 2.05) is 0 Å². The second-order valence-corrected chi connectivity index (χ2v) is 3.04. The average molecular weight is 233 g/mol. The fraction of sp³-hybridized carbons (Fsp3) is 0.167. The molecule has 0 aromatic heterocycles. The first-order valence-electron chi connectivity index (χ1n) is 4.66. The summed E-state index contributed by atoms with van der Waals surface area (Å²) in [5, 5.41) is 0. The van der Waals surface area contributed by atoms with Gasteiger partial charge in [0.15, 0.2) is 0 Å². The molecule has 0 radical (unpaired) electrons. The molecule has 0 saturated carbocycles. The lowest BCUT2D eigenvalue weighted by Gasteiger charge is -2.02. The van der Waals surface area contributed by atoms with E-state index in [1.165, 1.54) is 32.4 Å². The van der Waals surface area contributed by atoms with E-state index >= 15 is 0 Å². The molecule has 0 aliphatic rings. The van der Waals surface area contributed by atoms with E-state index in [4.69, 9.17) is 5.73 Å². The highest BCUT2D eigenvalue weighted by atomic mass is 16.5. The largest absolute Gasteiger partial charge is 0.465 e. The molecule has 0 aliphatic heterocycles. The Morgan fingerprint density at radius 3 is 2.47 bits per heavy atom. The Balaban J connectivity index is 3.01. The molecule has 1 aromatic rings. The van der Waals surface area contributed by atoms with Crippen LogP contribution in [-0.2, 0) is 14.3 Å². The zero-order valence-electron chi connectivity index (χ0n) is 9.44. The molecule has 5 heteroatoms. The molecule has 5 nitrogen and oxygen atoms in total. The average Bonchev–Trinajstić information content (AvgIpc) is 2.35. The predicted octanol–water partition coefficient (Wildman–Crippen LogP) is 0.580. The number of anilines is 1. The van der Waals surface area contributed by atoms with Gasteiger partial charge in [-0.2, -0.15) is 0 Å². The third kappa shape index (κ3) is 3.24. The van der Waals surface area contributed by atoms with E-state index < -0.39 is 11.9 Å². The van der Waals surface area contributed by atoms with Crippen LogP contribution in [0.4, 0.5) is 5.69 Å². The number of hydrogen-bond acceptors (Lipinski definition) is 5. The molecule has 0 fully saturated rings. The summed E-state index contributed by atoms with van der Waals surface area (Å²) >= 11 is 0. The zero-order chi connectivity index (χ0) is 12.8. The summed E-state index contributed by atoms with van der Waals surface area (Å²) in [7, 11) is 2.52. The Morgan fingerprint density at radius 2 is 1.94 bits per heavy atom. The van der Waals surface area contributed by atoms with E-state index in [0.29, 0.717) is 16.8 Å². The Bertz CT molecular complexity index is 511. The molecule has 2 N–H and O–H groups in total. The van der Waals surface area contributed by atoms with Gasteiger partial charge in [0.2, 0.25) is 0 Å². The third-order valence-corrected chi connectivity index (χ3v) is 1.96. The van der Waals surface area contributed by atoms with Crippen molar-refractivity contribution < 1.29 is 19.1 Å². The second-order valence-electron chi connectivity index (χ2n) is 3.04. The summed E-state index contributed by atoms with van der Waals surface area (Å²) < 4.78 is 8.91. The summed E-state index contributed by atoms with van der Waals surface area (Å²) in [4.78, 5) is 22.0. The molecular weight excluding hydrogens is 222 g/mol. The number of carbonyl (C=O) groups is 2. The van der Waals surface area contributed by atoms with Gasteiger partial charge < -0.3 is 15.2 Å². The Kier molecular flexibility index (Phi) is 4.12. The van der Waals surface area contributed by atoms with Gasteiger partial charge >= 0.3 is 11.9 Å². The molecule has 0 saturated heterocycles. The zero-order valence-corrected chi connectivity index (χ0v) is 9.44. The lowest BCUT2D eigenvalue weighted by Crippen LogP contribution is -2.03. The first kappa shape index (κ1) is 12.6. The van der Waals surface area contributed by atoms with Crippen LogP contribution in [0.2, 0.25) is 0 Å². The molecule has 0 heterocycles. The predicted molar refractivity (Wildman–Crippen MR) is 61.1 cm³/mol. The van der Waals surface area contributed by atoms with Crippen LogP contribution in [0.15, 0.2) is 18.2 Å². The number of ether oxygens (including phenoxy) is 2. The van der Waals surface area contributed by atoms with Crippen molar-refractivity contribution in [3.05, 3.63) is 29.3 Å². The van der Waals surface area contributed by atoms with Crippen molar-refractivity contribution in [3.63, 3.8) is 0 Å². The SMILES string of the molecule is COC(=O)C#Cc1ccc(C(=O)OC)cc1N. The maximum absolute atomic E-state index is 11.2. The van der Waals surface area contributed by atoms with Crippen molar-refractivity contribution >= 4 is 17.6 Å². The van der Waals surface area contributed by atoms with Crippen molar-refractivity contribution in [1.29, 1.82) is 0 Å². The van der Waals surface area contributed by atoms with Gasteiger partial charge in [-0.3, -0.25) is 0 Å². The summed E-state index contributed by atoms with van der Waals surface area (Å²) in [5.41, 5.74) is 6.75. The van der Waals surface area contributed by atoms with Crippen LogP contribution < -0.4 is 5.73 Å². The summed E-state index contributed by atoms with van der Waals surface area (Å²) in [6, 6.07) is 4.49. The van der Waals surface area contributed by atoms with Crippen LogP contribution in [-0.4, -0.2) is 26.2 Å². The minimum Gasteiger partial charge on any atom is -0.465 e. The fourth-order valence-electron chi connectivity index (χ4n) is 1.09. The first-order valence-corrected chi connectivity index (χ1v) is 4.66. The maximum Gasteiger partial charge on any atom is 0.384 e. The van der Waals surface area contributed by atoms with Crippen LogP contribution in [0.1, 0.15) is 15.9 Å². The van der Waals surface area contributed by atoms with E-state index in [9.17, 15) is 9.59 Å². The first-order chi connectivity index (χ1) is 8.08. The molecule has 0 bridgehead atoms. The number of esters is 2. The quantitative estimate of drug-likeness (QED) is 0.436. The molecule has 0 atom stereocenters. The number of carbonyl (C=O) groups excluding carboxylic acids is 2. The standard InChI is InChI=1S/C12H11NO4/c1-16-11(14)6-5-8-3-4-9(7-10(8)13)12(15)17-2/h3-4,7H,13H2,1-2H3. The molecule has 17 heavy (non-hydrogen) atoms. The molecule has 1 rings (SSSR count). The number of rotatable bonds is 1. The van der Waals surface area contributed by atoms with Crippen molar-refractivity contribution in [2.45, 2.75) is 0 Å². The smallest absolute Gasteiger partial charge is 0.384 e. The van der Waals surface area contributed by atoms with Crippen molar-refractivity contribution in [1.82, 2.24) is 0 Å². The van der Waals surface area contributed by atoms with E-state index in [1.54, 1.807) is 0 Å². The molecule has 0 spiro atoms. The summed E-state index contributed by atoms with van der Waals surface area (Å²) in [6.07, 6.45) is 0. The van der Waals surface area contributed by atoms with Crippen LogP contribution in [0.3, 0.4) is 0 Å². The highest BCUT2D eigenvalue weighted by Gasteiger charge is 2.06. The van der Waals surface area contributed by atoms with E-state index in [2.05, 4.69) is 21.3 Å². The number of benzene rings is 1. The second kappa shape index (κ2) is 5.56. The van der Waals surface area contributed by atoms with Gasteiger partial charge in [0.1, 0.15) is 0 Å². The van der Waals surface area contributed by atoms with Gasteiger partial charge in [-0.1, -0.05) is 5.92 Å². The molecule has 0 unspecified atom stereocenters. The lowest BCUT2D eigenvalue weighted by atomic mass is 10.1. The summed E-state index contributed by atoms with van der Waals surface area (Å²) in [6.45, 7) is 0. The Hall–Kier alpha value is -2.48. The van der Waals surface area contributed by atoms with Gasteiger partial charge in [-0.05, 0) is 18.2 Å². The van der Waals surface area contributed by atoms with Gasteiger partial charge in [0.05, 0.1) is 19.8 Å². The third-order valence-electron chi connectivity index (χ3n) is 1.96. The van der Waals surface area contributed by atoms with Crippen LogP contribution >= 0.6 is 0 Å². The van der Waals surface area contributed by atoms with Crippen molar-refractivity contribution in [2.24, 2.45) is 0 Å². The van der Waals surface area contributed by atoms with Crippen molar-refractivity contribution in [3.8, 4) is 11.8 Å². The molecule has 88 valence electrons. The Labute approximate surface area is 98.5 Å². The van der Waals surface area contributed by atoms with Gasteiger partial charge in [-0.25, -0.2) is 9.59 Å². The monoisotopic (exact) mass is 233 g/mol. The number of hydrogen-bond donors (Lipinski definition) is 1. The van der Waals surface area contributed by atoms with E-state index in [-0.39, 0.29) is 0 Å². The number of methoxy groups -OCH3 is 2. The minimum absolute atomic E-state index is 0.296. The van der Waals surface area contributed by atoms with Crippen LogP contribution in [0.25, 0.3) is 0 Å². The number of nitrogen functional groups attached to an aromatic ring is 1. The minimum atomic E-state index is -0.651. The van der Waals surface area contributed by atoms with E-state index in [0.717, 1.165) is 0 Å². The van der Waals surface area contributed by atoms with Gasteiger partial charge in [0.25, 0.3) is 0 Å². The summed E-state index contributed by atoms with van der Waals surface area (Å²) in [5.74, 6) is 3.66.